The van der Waals surface area contributed by atoms with Gasteiger partial charge in [-0.2, -0.15) is 4.31 Å². The number of aliphatic carboxylic acids is 1. The van der Waals surface area contributed by atoms with Crippen molar-refractivity contribution in [1.29, 1.82) is 0 Å². The highest BCUT2D eigenvalue weighted by Gasteiger charge is 2.34. The summed E-state index contributed by atoms with van der Waals surface area (Å²) in [6, 6.07) is 5.72. The summed E-state index contributed by atoms with van der Waals surface area (Å²) in [5.74, 6) is -1.75. The van der Waals surface area contributed by atoms with Gasteiger partial charge in [0.05, 0.1) is 4.90 Å². The summed E-state index contributed by atoms with van der Waals surface area (Å²) in [7, 11) is -2.14. The Bertz CT molecular complexity index is 802. The number of hydrogen-bond donors (Lipinski definition) is 2. The van der Waals surface area contributed by atoms with Gasteiger partial charge in [-0.05, 0) is 44.4 Å². The highest BCUT2D eigenvalue weighted by atomic mass is 32.2. The van der Waals surface area contributed by atoms with Gasteiger partial charge in [0, 0.05) is 18.7 Å². The monoisotopic (exact) mass is 396 g/mol. The molecule has 1 aliphatic rings. The number of sulfonamides is 1. The Labute approximate surface area is 160 Å². The van der Waals surface area contributed by atoms with Crippen LogP contribution in [0.25, 0.3) is 0 Å². The molecular weight excluding hydrogens is 368 g/mol. The summed E-state index contributed by atoms with van der Waals surface area (Å²) in [4.78, 5) is 23.9. The van der Waals surface area contributed by atoms with Crippen LogP contribution in [0.1, 0.15) is 62.7 Å². The van der Waals surface area contributed by atoms with Crippen molar-refractivity contribution >= 4 is 21.9 Å². The Kier molecular flexibility index (Phi) is 6.64. The van der Waals surface area contributed by atoms with E-state index in [2.05, 4.69) is 5.32 Å². The van der Waals surface area contributed by atoms with Crippen molar-refractivity contribution in [1.82, 2.24) is 9.62 Å². The zero-order valence-electron chi connectivity index (χ0n) is 16.1. The molecule has 1 saturated carbocycles. The fraction of sp³-hybridized carbons (Fsp3) is 0.579. The predicted octanol–water partition coefficient (Wildman–Crippen LogP) is 2.62. The number of rotatable bonds is 7. The minimum Gasteiger partial charge on any atom is -0.480 e. The Morgan fingerprint density at radius 2 is 1.89 bits per heavy atom. The minimum atomic E-state index is -3.72. The van der Waals surface area contributed by atoms with Gasteiger partial charge in [0.2, 0.25) is 10.0 Å². The summed E-state index contributed by atoms with van der Waals surface area (Å²) in [6.45, 7) is 3.08. The molecule has 0 heterocycles. The van der Waals surface area contributed by atoms with Crippen LogP contribution in [-0.2, 0) is 14.8 Å². The molecule has 1 fully saturated rings. The number of benzene rings is 1. The van der Waals surface area contributed by atoms with Gasteiger partial charge in [0.15, 0.2) is 0 Å². The van der Waals surface area contributed by atoms with Crippen molar-refractivity contribution in [3.63, 3.8) is 0 Å². The maximum Gasteiger partial charge on any atom is 0.329 e. The number of nitrogens with zero attached hydrogens (tertiary/aromatic N) is 1. The van der Waals surface area contributed by atoms with E-state index in [1.165, 1.54) is 35.5 Å². The molecule has 1 amide bonds. The molecule has 7 nitrogen and oxygen atoms in total. The van der Waals surface area contributed by atoms with E-state index in [9.17, 15) is 23.1 Å². The van der Waals surface area contributed by atoms with Crippen LogP contribution >= 0.6 is 0 Å². The van der Waals surface area contributed by atoms with Crippen molar-refractivity contribution in [2.75, 3.05) is 7.05 Å². The van der Waals surface area contributed by atoms with Crippen LogP contribution in [0.4, 0.5) is 0 Å². The minimum absolute atomic E-state index is 0.0309. The van der Waals surface area contributed by atoms with E-state index in [4.69, 9.17) is 0 Å². The molecule has 2 N–H and O–H groups in total. The number of amides is 1. The van der Waals surface area contributed by atoms with Crippen LogP contribution in [0.3, 0.4) is 0 Å². The molecule has 27 heavy (non-hydrogen) atoms. The number of carbonyl (C=O) groups is 2. The number of nitrogens with one attached hydrogen (secondary N) is 1. The van der Waals surface area contributed by atoms with Crippen LogP contribution in [-0.4, -0.2) is 48.3 Å². The molecule has 1 unspecified atom stereocenters. The van der Waals surface area contributed by atoms with E-state index in [-0.39, 0.29) is 22.9 Å². The number of carboxylic acids is 1. The van der Waals surface area contributed by atoms with Gasteiger partial charge in [-0.25, -0.2) is 13.2 Å². The van der Waals surface area contributed by atoms with Gasteiger partial charge in [-0.15, -0.1) is 0 Å². The van der Waals surface area contributed by atoms with Crippen LogP contribution in [0.15, 0.2) is 29.2 Å². The third kappa shape index (κ3) is 4.68. The Morgan fingerprint density at radius 1 is 1.26 bits per heavy atom. The number of carboxylic acid groups (broad SMARTS) is 1. The van der Waals surface area contributed by atoms with Gasteiger partial charge < -0.3 is 10.4 Å². The zero-order chi connectivity index (χ0) is 20.2. The smallest absolute Gasteiger partial charge is 0.329 e. The standard InChI is InChI=1S/C19H28N2O5S/c1-4-19(2,18(23)24)20-17(22)14-9-8-12-16(13-14)27(25,26)21(3)15-10-6-5-7-11-15/h8-9,12-13,15H,4-7,10-11H2,1-3H3,(H,20,22)(H,23,24). The van der Waals surface area contributed by atoms with Crippen LogP contribution in [0.2, 0.25) is 0 Å². The number of carbonyl (C=O) groups excluding carboxylic acids is 1. The molecule has 0 bridgehead atoms. The lowest BCUT2D eigenvalue weighted by Gasteiger charge is -2.30. The first kappa shape index (κ1) is 21.4. The van der Waals surface area contributed by atoms with E-state index in [0.717, 1.165) is 32.1 Å². The van der Waals surface area contributed by atoms with E-state index in [1.807, 2.05) is 0 Å². The topological polar surface area (TPSA) is 104 Å². The Balaban J connectivity index is 2.25. The second-order valence-electron chi connectivity index (χ2n) is 7.29. The first-order valence-electron chi connectivity index (χ1n) is 9.26. The highest BCUT2D eigenvalue weighted by Crippen LogP contribution is 2.26. The first-order chi connectivity index (χ1) is 12.6. The van der Waals surface area contributed by atoms with E-state index < -0.39 is 27.4 Å². The van der Waals surface area contributed by atoms with E-state index in [1.54, 1.807) is 14.0 Å². The second kappa shape index (κ2) is 8.39. The predicted molar refractivity (Wildman–Crippen MR) is 102 cm³/mol. The molecule has 1 atom stereocenters. The van der Waals surface area contributed by atoms with Crippen molar-refractivity contribution < 1.29 is 23.1 Å². The van der Waals surface area contributed by atoms with Gasteiger partial charge in [-0.3, -0.25) is 4.79 Å². The normalized spacial score (nSPS) is 18.1. The summed E-state index contributed by atoms with van der Waals surface area (Å²) >= 11 is 0. The van der Waals surface area contributed by atoms with Crippen molar-refractivity contribution in [2.24, 2.45) is 0 Å². The third-order valence-electron chi connectivity index (χ3n) is 5.43. The summed E-state index contributed by atoms with van der Waals surface area (Å²) < 4.78 is 27.3. The second-order valence-corrected chi connectivity index (χ2v) is 9.28. The molecule has 1 aromatic carbocycles. The molecule has 8 heteroatoms. The van der Waals surface area contributed by atoms with Gasteiger partial charge in [0.1, 0.15) is 5.54 Å². The molecule has 2 rings (SSSR count). The molecule has 150 valence electrons. The maximum absolute atomic E-state index is 13.0. The molecule has 0 aliphatic heterocycles. The fourth-order valence-corrected chi connectivity index (χ4v) is 4.68. The van der Waals surface area contributed by atoms with Crippen LogP contribution < -0.4 is 5.32 Å². The molecule has 0 saturated heterocycles. The van der Waals surface area contributed by atoms with E-state index in [0.29, 0.717) is 0 Å². The van der Waals surface area contributed by atoms with Gasteiger partial charge in [-0.1, -0.05) is 32.3 Å². The lowest BCUT2D eigenvalue weighted by Crippen LogP contribution is -2.51. The maximum atomic E-state index is 13.0. The quantitative estimate of drug-likeness (QED) is 0.737. The summed E-state index contributed by atoms with van der Waals surface area (Å²) in [5.41, 5.74) is -1.29. The summed E-state index contributed by atoms with van der Waals surface area (Å²) in [5, 5.41) is 11.8. The summed E-state index contributed by atoms with van der Waals surface area (Å²) in [6.07, 6.45) is 5.03. The first-order valence-corrected chi connectivity index (χ1v) is 10.7. The SMILES string of the molecule is CCC(C)(NC(=O)c1cccc(S(=O)(=O)N(C)C2CCCCC2)c1)C(=O)O. The third-order valence-corrected chi connectivity index (χ3v) is 7.34. The van der Waals surface area contributed by atoms with Crippen LogP contribution in [0, 0.1) is 0 Å². The van der Waals surface area contributed by atoms with Gasteiger partial charge >= 0.3 is 5.97 Å². The Hall–Kier alpha value is -1.93. The molecule has 0 aromatic heterocycles. The molecule has 0 spiro atoms. The fourth-order valence-electron chi connectivity index (χ4n) is 3.22. The average molecular weight is 397 g/mol. The van der Waals surface area contributed by atoms with Crippen LogP contribution in [0.5, 0.6) is 0 Å². The van der Waals surface area contributed by atoms with Crippen molar-refractivity contribution in [2.45, 2.75) is 68.8 Å². The average Bonchev–Trinajstić information content (AvgIpc) is 2.67. The lowest BCUT2D eigenvalue weighted by atomic mass is 9.96. The molecule has 1 aromatic rings. The Morgan fingerprint density at radius 3 is 2.44 bits per heavy atom. The lowest BCUT2D eigenvalue weighted by molar-refractivity contribution is -0.143. The zero-order valence-corrected chi connectivity index (χ0v) is 16.9. The van der Waals surface area contributed by atoms with Crippen molar-refractivity contribution in [3.05, 3.63) is 29.8 Å². The number of hydrogen-bond acceptors (Lipinski definition) is 4. The largest absolute Gasteiger partial charge is 0.480 e. The van der Waals surface area contributed by atoms with Crippen molar-refractivity contribution in [3.8, 4) is 0 Å². The molecule has 1 aliphatic carbocycles. The molecular formula is C19H28N2O5S. The highest BCUT2D eigenvalue weighted by molar-refractivity contribution is 7.89. The van der Waals surface area contributed by atoms with E-state index >= 15 is 0 Å². The molecule has 0 radical (unpaired) electrons. The van der Waals surface area contributed by atoms with Gasteiger partial charge in [0.25, 0.3) is 5.91 Å².